The van der Waals surface area contributed by atoms with Crippen LogP contribution in [-0.2, 0) is 13.2 Å². The van der Waals surface area contributed by atoms with E-state index in [0.717, 1.165) is 21.2 Å². The van der Waals surface area contributed by atoms with Gasteiger partial charge in [-0.2, -0.15) is 0 Å². The van der Waals surface area contributed by atoms with E-state index >= 15 is 0 Å². The van der Waals surface area contributed by atoms with Crippen molar-refractivity contribution in [3.8, 4) is 11.5 Å². The fourth-order valence-electron chi connectivity index (χ4n) is 3.01. The summed E-state index contributed by atoms with van der Waals surface area (Å²) in [6.07, 6.45) is -0.570. The molecule has 0 spiro atoms. The average Bonchev–Trinajstić information content (AvgIpc) is 2.75. The van der Waals surface area contributed by atoms with E-state index < -0.39 is 6.10 Å². The number of hydrogen-bond donors (Lipinski definition) is 2. The summed E-state index contributed by atoms with van der Waals surface area (Å²) in [5, 5.41) is 13.6. The van der Waals surface area contributed by atoms with Gasteiger partial charge in [0.05, 0.1) is 17.2 Å². The van der Waals surface area contributed by atoms with Crippen LogP contribution >= 0.6 is 15.9 Å². The molecular weight excluding hydrogens is 449 g/mol. The van der Waals surface area contributed by atoms with E-state index in [1.165, 1.54) is 12.1 Å². The highest BCUT2D eigenvalue weighted by molar-refractivity contribution is 9.10. The Labute approximate surface area is 184 Å². The highest BCUT2D eigenvalue weighted by Crippen LogP contribution is 2.37. The normalized spacial score (nSPS) is 11.9. The molecule has 158 valence electrons. The summed E-state index contributed by atoms with van der Waals surface area (Å²) in [6, 6.07) is 19.7. The Kier molecular flexibility index (Phi) is 8.25. The van der Waals surface area contributed by atoms with Crippen LogP contribution < -0.4 is 14.8 Å². The minimum absolute atomic E-state index is 0.274. The van der Waals surface area contributed by atoms with Gasteiger partial charge >= 0.3 is 0 Å². The maximum absolute atomic E-state index is 13.1. The molecular formula is C24H25BrFNO3. The van der Waals surface area contributed by atoms with Gasteiger partial charge in [-0.1, -0.05) is 42.5 Å². The fourth-order valence-corrected chi connectivity index (χ4v) is 3.61. The fraction of sp³-hybridized carbons (Fsp3) is 0.250. The molecule has 3 aromatic rings. The van der Waals surface area contributed by atoms with Crippen molar-refractivity contribution in [3.63, 3.8) is 0 Å². The maximum atomic E-state index is 13.1. The standard InChI is InChI=1S/C24H25BrFNO3/c1-2-29-23-13-18(14-27-15-22(28)19-6-4-3-5-7-19)12-21(25)24(23)30-16-17-8-10-20(26)11-9-17/h3-13,22,27-28H,2,14-16H2,1H3/t22-/m1/s1. The molecule has 0 fully saturated rings. The highest BCUT2D eigenvalue weighted by Gasteiger charge is 2.13. The highest BCUT2D eigenvalue weighted by atomic mass is 79.9. The Bertz CT molecular complexity index is 935. The van der Waals surface area contributed by atoms with Gasteiger partial charge in [-0.3, -0.25) is 0 Å². The predicted molar refractivity (Wildman–Crippen MR) is 119 cm³/mol. The second-order valence-electron chi connectivity index (χ2n) is 6.81. The molecule has 0 aliphatic heterocycles. The molecule has 0 unspecified atom stereocenters. The zero-order valence-corrected chi connectivity index (χ0v) is 18.4. The molecule has 0 aromatic heterocycles. The van der Waals surface area contributed by atoms with Gasteiger partial charge in [0, 0.05) is 13.1 Å². The van der Waals surface area contributed by atoms with Gasteiger partial charge in [-0.05, 0) is 63.8 Å². The van der Waals surface area contributed by atoms with E-state index in [1.807, 2.05) is 49.4 Å². The second-order valence-corrected chi connectivity index (χ2v) is 7.66. The first-order chi connectivity index (χ1) is 14.6. The minimum atomic E-state index is -0.570. The Hall–Kier alpha value is -2.41. The third kappa shape index (κ3) is 6.29. The number of aliphatic hydroxyl groups is 1. The maximum Gasteiger partial charge on any atom is 0.175 e. The van der Waals surface area contributed by atoms with Gasteiger partial charge in [0.1, 0.15) is 12.4 Å². The van der Waals surface area contributed by atoms with E-state index in [1.54, 1.807) is 12.1 Å². The molecule has 6 heteroatoms. The quantitative estimate of drug-likeness (QED) is 0.414. The average molecular weight is 474 g/mol. The van der Waals surface area contributed by atoms with Crippen LogP contribution in [0, 0.1) is 5.82 Å². The molecule has 3 aromatic carbocycles. The number of hydrogen-bond acceptors (Lipinski definition) is 4. The number of ether oxygens (including phenoxy) is 2. The first kappa shape index (κ1) is 22.3. The van der Waals surface area contributed by atoms with Crippen LogP contribution in [-0.4, -0.2) is 18.3 Å². The molecule has 0 amide bonds. The van der Waals surface area contributed by atoms with Gasteiger partial charge in [0.2, 0.25) is 0 Å². The van der Waals surface area contributed by atoms with Crippen molar-refractivity contribution in [2.24, 2.45) is 0 Å². The van der Waals surface area contributed by atoms with Crippen molar-refractivity contribution >= 4 is 15.9 Å². The summed E-state index contributed by atoms with van der Waals surface area (Å²) in [5.74, 6) is 0.966. The smallest absolute Gasteiger partial charge is 0.175 e. The first-order valence-electron chi connectivity index (χ1n) is 9.83. The SMILES string of the molecule is CCOc1cc(CNC[C@@H](O)c2ccccc2)cc(Br)c1OCc1ccc(F)cc1. The first-order valence-corrected chi connectivity index (χ1v) is 10.6. The van der Waals surface area contributed by atoms with Gasteiger partial charge in [-0.25, -0.2) is 4.39 Å². The molecule has 30 heavy (non-hydrogen) atoms. The van der Waals surface area contributed by atoms with Gasteiger partial charge in [-0.15, -0.1) is 0 Å². The molecule has 4 nitrogen and oxygen atoms in total. The lowest BCUT2D eigenvalue weighted by Crippen LogP contribution is -2.21. The number of benzene rings is 3. The molecule has 0 saturated carbocycles. The van der Waals surface area contributed by atoms with Crippen LogP contribution in [0.25, 0.3) is 0 Å². The summed E-state index contributed by atoms with van der Waals surface area (Å²) in [7, 11) is 0. The number of aliphatic hydroxyl groups excluding tert-OH is 1. The number of nitrogens with one attached hydrogen (secondary N) is 1. The van der Waals surface area contributed by atoms with Crippen LogP contribution in [0.1, 0.15) is 29.7 Å². The van der Waals surface area contributed by atoms with Crippen molar-refractivity contribution < 1.29 is 19.0 Å². The molecule has 0 radical (unpaired) electrons. The Morgan fingerprint density at radius 3 is 2.43 bits per heavy atom. The van der Waals surface area contributed by atoms with E-state index in [4.69, 9.17) is 9.47 Å². The van der Waals surface area contributed by atoms with E-state index in [-0.39, 0.29) is 5.82 Å². The molecule has 0 saturated heterocycles. The van der Waals surface area contributed by atoms with Gasteiger partial charge < -0.3 is 19.9 Å². The van der Waals surface area contributed by atoms with Crippen LogP contribution in [0.5, 0.6) is 11.5 Å². The zero-order chi connectivity index (χ0) is 21.3. The van der Waals surface area contributed by atoms with Crippen LogP contribution in [0.4, 0.5) is 4.39 Å². The Morgan fingerprint density at radius 1 is 1.00 bits per heavy atom. The van der Waals surface area contributed by atoms with E-state index in [9.17, 15) is 9.50 Å². The molecule has 2 N–H and O–H groups in total. The van der Waals surface area contributed by atoms with Crippen molar-refractivity contribution in [1.29, 1.82) is 0 Å². The lowest BCUT2D eigenvalue weighted by atomic mass is 10.1. The Balaban J connectivity index is 1.64. The molecule has 0 heterocycles. The topological polar surface area (TPSA) is 50.7 Å². The van der Waals surface area contributed by atoms with E-state index in [2.05, 4.69) is 21.2 Å². The molecule has 0 aliphatic rings. The third-order valence-corrected chi connectivity index (χ3v) is 5.11. The summed E-state index contributed by atoms with van der Waals surface area (Å²) in [5.41, 5.74) is 2.75. The van der Waals surface area contributed by atoms with Crippen molar-refractivity contribution in [2.45, 2.75) is 26.2 Å². The molecule has 3 rings (SSSR count). The number of rotatable bonds is 10. The van der Waals surface area contributed by atoms with Gasteiger partial charge in [0.15, 0.2) is 11.5 Å². The molecule has 1 atom stereocenters. The second kappa shape index (κ2) is 11.1. The van der Waals surface area contributed by atoms with Gasteiger partial charge in [0.25, 0.3) is 0 Å². The number of halogens is 2. The van der Waals surface area contributed by atoms with Crippen LogP contribution in [0.15, 0.2) is 71.2 Å². The molecule has 0 aliphatic carbocycles. The Morgan fingerprint density at radius 2 is 1.73 bits per heavy atom. The van der Waals surface area contributed by atoms with E-state index in [0.29, 0.717) is 37.8 Å². The summed E-state index contributed by atoms with van der Waals surface area (Å²) in [6.45, 7) is 3.73. The predicted octanol–water partition coefficient (Wildman–Crippen LogP) is 5.39. The zero-order valence-electron chi connectivity index (χ0n) is 16.8. The monoisotopic (exact) mass is 473 g/mol. The van der Waals surface area contributed by atoms with Crippen molar-refractivity contribution in [3.05, 3.63) is 93.7 Å². The summed E-state index contributed by atoms with van der Waals surface area (Å²) < 4.78 is 25.6. The van der Waals surface area contributed by atoms with Crippen LogP contribution in [0.2, 0.25) is 0 Å². The van der Waals surface area contributed by atoms with Crippen molar-refractivity contribution in [1.82, 2.24) is 5.32 Å². The lowest BCUT2D eigenvalue weighted by molar-refractivity contribution is 0.174. The lowest BCUT2D eigenvalue weighted by Gasteiger charge is -2.17. The van der Waals surface area contributed by atoms with Crippen molar-refractivity contribution in [2.75, 3.05) is 13.2 Å². The van der Waals surface area contributed by atoms with Crippen LogP contribution in [0.3, 0.4) is 0 Å². The summed E-state index contributed by atoms with van der Waals surface area (Å²) >= 11 is 3.57. The summed E-state index contributed by atoms with van der Waals surface area (Å²) in [4.78, 5) is 0. The minimum Gasteiger partial charge on any atom is -0.490 e. The molecule has 0 bridgehead atoms. The largest absolute Gasteiger partial charge is 0.490 e. The third-order valence-electron chi connectivity index (χ3n) is 4.52.